The Morgan fingerprint density at radius 3 is 2.46 bits per heavy atom. The molecule has 0 aromatic heterocycles. The minimum absolute atomic E-state index is 0.0182. The second kappa shape index (κ2) is 6.78. The van der Waals surface area contributed by atoms with Crippen molar-refractivity contribution >= 4 is 29.1 Å². The van der Waals surface area contributed by atoms with E-state index in [1.165, 1.54) is 0 Å². The van der Waals surface area contributed by atoms with Crippen molar-refractivity contribution in [2.24, 2.45) is 0 Å². The van der Waals surface area contributed by atoms with E-state index in [-0.39, 0.29) is 24.3 Å². The summed E-state index contributed by atoms with van der Waals surface area (Å²) in [7, 11) is 0. The van der Waals surface area contributed by atoms with E-state index >= 15 is 0 Å². The van der Waals surface area contributed by atoms with Gasteiger partial charge in [0, 0.05) is 18.7 Å². The molecule has 0 unspecified atom stereocenters. The van der Waals surface area contributed by atoms with Gasteiger partial charge in [-0.25, -0.2) is 0 Å². The van der Waals surface area contributed by atoms with Crippen LogP contribution in [0, 0.1) is 0 Å². The molecule has 2 aliphatic rings. The average molecular weight is 377 g/mol. The van der Waals surface area contributed by atoms with E-state index in [0.717, 1.165) is 5.69 Å². The third-order valence-corrected chi connectivity index (χ3v) is 5.72. The van der Waals surface area contributed by atoms with Gasteiger partial charge < -0.3 is 9.80 Å². The molecule has 0 aliphatic carbocycles. The minimum Gasteiger partial charge on any atom is -0.311 e. The first-order chi connectivity index (χ1) is 13.5. The number of nitrogens with zero attached hydrogens (tertiary/aromatic N) is 3. The number of anilines is 2. The van der Waals surface area contributed by atoms with Crippen molar-refractivity contribution < 1.29 is 14.4 Å². The number of carbonyl (C=O) groups excluding carboxylic acids is 3. The number of carbonyl (C=O) groups is 3. The highest BCUT2D eigenvalue weighted by Crippen LogP contribution is 2.43. The first kappa shape index (κ1) is 18.2. The van der Waals surface area contributed by atoms with Crippen molar-refractivity contribution in [1.82, 2.24) is 4.90 Å². The van der Waals surface area contributed by atoms with Gasteiger partial charge >= 0.3 is 0 Å². The molecule has 2 aromatic carbocycles. The van der Waals surface area contributed by atoms with Crippen LogP contribution in [0.5, 0.6) is 0 Å². The van der Waals surface area contributed by atoms with Gasteiger partial charge in [0.1, 0.15) is 12.2 Å². The predicted octanol–water partition coefficient (Wildman–Crippen LogP) is 3.04. The zero-order chi connectivity index (χ0) is 19.9. The molecule has 0 saturated carbocycles. The maximum absolute atomic E-state index is 13.3. The van der Waals surface area contributed by atoms with Gasteiger partial charge in [0.15, 0.2) is 0 Å². The van der Waals surface area contributed by atoms with Gasteiger partial charge in [-0.05, 0) is 44.5 Å². The molecule has 3 amide bonds. The topological polar surface area (TPSA) is 60.9 Å². The molecule has 0 N–H and O–H groups in total. The van der Waals surface area contributed by atoms with E-state index in [4.69, 9.17) is 0 Å². The Labute approximate surface area is 164 Å². The number of hydrogen-bond acceptors (Lipinski definition) is 3. The van der Waals surface area contributed by atoms with Gasteiger partial charge in [0.2, 0.25) is 11.8 Å². The highest BCUT2D eigenvalue weighted by molar-refractivity contribution is 6.11. The molecule has 1 fully saturated rings. The lowest BCUT2D eigenvalue weighted by Gasteiger charge is -2.48. The molecule has 2 heterocycles. The van der Waals surface area contributed by atoms with Gasteiger partial charge in [-0.3, -0.25) is 19.3 Å². The molecule has 2 aromatic rings. The van der Waals surface area contributed by atoms with Crippen LogP contribution in [0.2, 0.25) is 0 Å². The van der Waals surface area contributed by atoms with E-state index in [1.54, 1.807) is 32.9 Å². The smallest absolute Gasteiger partial charge is 0.258 e. The number of fused-ring (bicyclic) bond motifs is 3. The van der Waals surface area contributed by atoms with Crippen LogP contribution in [0.15, 0.2) is 54.6 Å². The van der Waals surface area contributed by atoms with Crippen LogP contribution in [-0.4, -0.2) is 41.4 Å². The van der Waals surface area contributed by atoms with Crippen molar-refractivity contribution in [2.75, 3.05) is 22.9 Å². The number of likely N-dealkylation sites (N-methyl/N-ethyl adjacent to an activating group) is 1. The van der Waals surface area contributed by atoms with E-state index in [2.05, 4.69) is 0 Å². The molecule has 0 bridgehead atoms. The van der Waals surface area contributed by atoms with Crippen LogP contribution in [-0.2, 0) is 9.59 Å². The second-order valence-corrected chi connectivity index (χ2v) is 7.33. The van der Waals surface area contributed by atoms with Crippen molar-refractivity contribution in [3.63, 3.8) is 0 Å². The minimum atomic E-state index is -0.825. The SMILES string of the molecule is CCN(C(=O)CN1C(=O)c2ccccc2N2C(=O)CC[C@@]12C)c1ccccc1. The van der Waals surface area contributed by atoms with Crippen molar-refractivity contribution in [2.45, 2.75) is 32.4 Å². The average Bonchev–Trinajstić information content (AvgIpc) is 3.02. The van der Waals surface area contributed by atoms with E-state index in [9.17, 15) is 14.4 Å². The van der Waals surface area contributed by atoms with Crippen LogP contribution in [0.1, 0.15) is 37.0 Å². The molecule has 0 spiro atoms. The van der Waals surface area contributed by atoms with Crippen LogP contribution in [0.3, 0.4) is 0 Å². The fourth-order valence-corrected chi connectivity index (χ4v) is 4.27. The Kier molecular flexibility index (Phi) is 4.41. The number of benzene rings is 2. The lowest BCUT2D eigenvalue weighted by Crippen LogP contribution is -2.64. The normalized spacial score (nSPS) is 20.8. The maximum Gasteiger partial charge on any atom is 0.258 e. The van der Waals surface area contributed by atoms with Gasteiger partial charge in [0.05, 0.1) is 11.3 Å². The Morgan fingerprint density at radius 1 is 1.07 bits per heavy atom. The van der Waals surface area contributed by atoms with Crippen molar-refractivity contribution in [3.05, 3.63) is 60.2 Å². The molecular weight excluding hydrogens is 354 g/mol. The summed E-state index contributed by atoms with van der Waals surface area (Å²) in [5, 5.41) is 0. The highest BCUT2D eigenvalue weighted by Gasteiger charge is 2.53. The maximum atomic E-state index is 13.3. The fourth-order valence-electron chi connectivity index (χ4n) is 4.27. The summed E-state index contributed by atoms with van der Waals surface area (Å²) in [4.78, 5) is 44.0. The molecule has 6 heteroatoms. The second-order valence-electron chi connectivity index (χ2n) is 7.33. The van der Waals surface area contributed by atoms with Crippen molar-refractivity contribution in [3.8, 4) is 0 Å². The van der Waals surface area contributed by atoms with Crippen LogP contribution >= 0.6 is 0 Å². The quantitative estimate of drug-likeness (QED) is 0.823. The lowest BCUT2D eigenvalue weighted by atomic mass is 9.98. The van der Waals surface area contributed by atoms with E-state index < -0.39 is 5.66 Å². The van der Waals surface area contributed by atoms with Crippen LogP contribution < -0.4 is 9.80 Å². The Morgan fingerprint density at radius 2 is 1.75 bits per heavy atom. The highest BCUT2D eigenvalue weighted by atomic mass is 16.2. The van der Waals surface area contributed by atoms with Gasteiger partial charge in [-0.15, -0.1) is 0 Å². The zero-order valence-corrected chi connectivity index (χ0v) is 16.1. The summed E-state index contributed by atoms with van der Waals surface area (Å²) in [6.45, 7) is 4.21. The van der Waals surface area contributed by atoms with E-state index in [0.29, 0.717) is 30.6 Å². The Bertz CT molecular complexity index is 943. The molecular formula is C22H23N3O3. The first-order valence-corrected chi connectivity index (χ1v) is 9.57. The molecule has 6 nitrogen and oxygen atoms in total. The fraction of sp³-hybridized carbons (Fsp3) is 0.318. The van der Waals surface area contributed by atoms with Crippen LogP contribution in [0.25, 0.3) is 0 Å². The van der Waals surface area contributed by atoms with Crippen LogP contribution in [0.4, 0.5) is 11.4 Å². The summed E-state index contributed by atoms with van der Waals surface area (Å²) >= 11 is 0. The molecule has 0 radical (unpaired) electrons. The van der Waals surface area contributed by atoms with Gasteiger partial charge in [-0.2, -0.15) is 0 Å². The zero-order valence-electron chi connectivity index (χ0n) is 16.1. The number of para-hydroxylation sites is 2. The summed E-state index contributed by atoms with van der Waals surface area (Å²) in [5.74, 6) is -0.390. The summed E-state index contributed by atoms with van der Waals surface area (Å²) in [6, 6.07) is 16.5. The summed E-state index contributed by atoms with van der Waals surface area (Å²) in [6.07, 6.45) is 0.871. The summed E-state index contributed by atoms with van der Waals surface area (Å²) < 4.78 is 0. The molecule has 144 valence electrons. The molecule has 1 saturated heterocycles. The van der Waals surface area contributed by atoms with Gasteiger partial charge in [-0.1, -0.05) is 30.3 Å². The monoisotopic (exact) mass is 377 g/mol. The van der Waals surface area contributed by atoms with E-state index in [1.807, 2.05) is 50.2 Å². The predicted molar refractivity (Wildman–Crippen MR) is 107 cm³/mol. The molecule has 2 aliphatic heterocycles. The molecule has 4 rings (SSSR count). The summed E-state index contributed by atoms with van der Waals surface area (Å²) in [5.41, 5.74) is 1.07. The largest absolute Gasteiger partial charge is 0.311 e. The first-order valence-electron chi connectivity index (χ1n) is 9.57. The number of hydrogen-bond donors (Lipinski definition) is 0. The molecule has 28 heavy (non-hydrogen) atoms. The van der Waals surface area contributed by atoms with Crippen molar-refractivity contribution in [1.29, 1.82) is 0 Å². The Hall–Kier alpha value is -3.15. The molecule has 1 atom stereocenters. The Balaban J connectivity index is 1.70. The number of rotatable bonds is 4. The standard InChI is InChI=1S/C22H23N3O3/c1-3-23(16-9-5-4-6-10-16)20(27)15-24-21(28)17-11-7-8-12-18(17)25-19(26)13-14-22(24,25)2/h4-12H,3,13-15H2,1-2H3/t22-/m0/s1. The van der Waals surface area contributed by atoms with Gasteiger partial charge in [0.25, 0.3) is 5.91 Å². The lowest BCUT2D eigenvalue weighted by molar-refractivity contribution is -0.121. The third kappa shape index (κ3) is 2.68. The number of amides is 3. The third-order valence-electron chi connectivity index (χ3n) is 5.72.